The zero-order valence-corrected chi connectivity index (χ0v) is 13.2. The molecule has 2 aliphatic rings. The van der Waals surface area contributed by atoms with Crippen LogP contribution in [0.1, 0.15) is 41.0 Å². The zero-order chi connectivity index (χ0) is 14.4. The number of halogens is 1. The van der Waals surface area contributed by atoms with Crippen molar-refractivity contribution >= 4 is 27.5 Å². The largest absolute Gasteiger partial charge is 0.326 e. The molecule has 106 valence electrons. The van der Waals surface area contributed by atoms with Gasteiger partial charge in [-0.05, 0) is 53.6 Å². The molecular formula is C18H16BrNO. The van der Waals surface area contributed by atoms with Crippen LogP contribution in [-0.2, 0) is 17.6 Å². The lowest BCUT2D eigenvalue weighted by atomic mass is 9.83. The number of fused-ring (bicyclic) bond motifs is 2. The normalized spacial score (nSPS) is 19.9. The van der Waals surface area contributed by atoms with Crippen LogP contribution in [0, 0.1) is 0 Å². The number of hydrogen-bond acceptors (Lipinski definition) is 1. The van der Waals surface area contributed by atoms with E-state index in [1.165, 1.54) is 35.1 Å². The van der Waals surface area contributed by atoms with E-state index >= 15 is 0 Å². The summed E-state index contributed by atoms with van der Waals surface area (Å²) in [7, 11) is 0. The van der Waals surface area contributed by atoms with Crippen LogP contribution in [0.2, 0.25) is 0 Å². The number of benzene rings is 2. The van der Waals surface area contributed by atoms with Crippen molar-refractivity contribution in [3.63, 3.8) is 0 Å². The average Bonchev–Trinajstić information content (AvgIpc) is 2.92. The SMILES string of the molecule is O=C1C[C@H](c2ccccc2Br)c2cc3c(cc2N1)CCC3. The number of rotatable bonds is 1. The number of hydrogen-bond donors (Lipinski definition) is 1. The lowest BCUT2D eigenvalue weighted by molar-refractivity contribution is -0.116. The molecule has 1 atom stereocenters. The Morgan fingerprint density at radius 1 is 1.05 bits per heavy atom. The van der Waals surface area contributed by atoms with Gasteiger partial charge in [-0.25, -0.2) is 0 Å². The minimum Gasteiger partial charge on any atom is -0.326 e. The Balaban J connectivity index is 1.88. The van der Waals surface area contributed by atoms with Crippen LogP contribution < -0.4 is 5.32 Å². The van der Waals surface area contributed by atoms with Crippen molar-refractivity contribution in [2.45, 2.75) is 31.6 Å². The fourth-order valence-electron chi connectivity index (χ4n) is 3.57. The number of anilines is 1. The summed E-state index contributed by atoms with van der Waals surface area (Å²) in [5.74, 6) is 0.261. The van der Waals surface area contributed by atoms with Crippen LogP contribution in [0.3, 0.4) is 0 Å². The summed E-state index contributed by atoms with van der Waals surface area (Å²) in [6.45, 7) is 0. The van der Waals surface area contributed by atoms with E-state index in [1.807, 2.05) is 12.1 Å². The maximum atomic E-state index is 12.1. The van der Waals surface area contributed by atoms with Gasteiger partial charge in [-0.2, -0.15) is 0 Å². The summed E-state index contributed by atoms with van der Waals surface area (Å²) in [4.78, 5) is 12.1. The number of carbonyl (C=O) groups excluding carboxylic acids is 1. The van der Waals surface area contributed by atoms with Crippen LogP contribution >= 0.6 is 15.9 Å². The number of aryl methyl sites for hydroxylation is 2. The van der Waals surface area contributed by atoms with Gasteiger partial charge in [0.25, 0.3) is 0 Å². The Bertz CT molecular complexity index is 738. The molecule has 0 saturated heterocycles. The van der Waals surface area contributed by atoms with Crippen LogP contribution in [0.4, 0.5) is 5.69 Å². The van der Waals surface area contributed by atoms with Crippen molar-refractivity contribution in [1.82, 2.24) is 0 Å². The Hall–Kier alpha value is -1.61. The van der Waals surface area contributed by atoms with Crippen LogP contribution in [0.25, 0.3) is 0 Å². The molecule has 0 fully saturated rings. The van der Waals surface area contributed by atoms with Gasteiger partial charge in [-0.3, -0.25) is 4.79 Å². The molecule has 1 aliphatic carbocycles. The van der Waals surface area contributed by atoms with E-state index in [-0.39, 0.29) is 11.8 Å². The maximum absolute atomic E-state index is 12.1. The van der Waals surface area contributed by atoms with Gasteiger partial charge in [0.05, 0.1) is 0 Å². The van der Waals surface area contributed by atoms with E-state index in [0.29, 0.717) is 6.42 Å². The Labute approximate surface area is 132 Å². The minimum atomic E-state index is 0.112. The summed E-state index contributed by atoms with van der Waals surface area (Å²) in [5, 5.41) is 3.05. The first-order valence-electron chi connectivity index (χ1n) is 7.42. The van der Waals surface area contributed by atoms with Gasteiger partial charge in [-0.15, -0.1) is 0 Å². The van der Waals surface area contributed by atoms with Crippen LogP contribution in [0.15, 0.2) is 40.9 Å². The van der Waals surface area contributed by atoms with Crippen molar-refractivity contribution in [3.8, 4) is 0 Å². The third kappa shape index (κ3) is 2.20. The van der Waals surface area contributed by atoms with Crippen LogP contribution in [-0.4, -0.2) is 5.91 Å². The van der Waals surface area contributed by atoms with Gasteiger partial charge < -0.3 is 5.32 Å². The molecule has 0 bridgehead atoms. The highest BCUT2D eigenvalue weighted by atomic mass is 79.9. The lowest BCUT2D eigenvalue weighted by Crippen LogP contribution is -2.24. The van der Waals surface area contributed by atoms with Gasteiger partial charge in [-0.1, -0.05) is 40.2 Å². The van der Waals surface area contributed by atoms with Gasteiger partial charge in [0.15, 0.2) is 0 Å². The highest BCUT2D eigenvalue weighted by Crippen LogP contribution is 2.42. The summed E-state index contributed by atoms with van der Waals surface area (Å²) in [6, 6.07) is 12.7. The molecule has 1 N–H and O–H groups in total. The number of amides is 1. The molecule has 0 radical (unpaired) electrons. The lowest BCUT2D eigenvalue weighted by Gasteiger charge is -2.27. The van der Waals surface area contributed by atoms with Crippen LogP contribution in [0.5, 0.6) is 0 Å². The Morgan fingerprint density at radius 2 is 1.81 bits per heavy atom. The first-order chi connectivity index (χ1) is 10.2. The van der Waals surface area contributed by atoms with E-state index < -0.39 is 0 Å². The highest BCUT2D eigenvalue weighted by molar-refractivity contribution is 9.10. The van der Waals surface area contributed by atoms with E-state index in [4.69, 9.17) is 0 Å². The highest BCUT2D eigenvalue weighted by Gasteiger charge is 2.29. The van der Waals surface area contributed by atoms with Gasteiger partial charge >= 0.3 is 0 Å². The summed E-state index contributed by atoms with van der Waals surface area (Å²) < 4.78 is 1.08. The molecule has 2 aromatic rings. The molecule has 2 nitrogen and oxygen atoms in total. The van der Waals surface area contributed by atoms with E-state index in [0.717, 1.165) is 16.6 Å². The predicted molar refractivity (Wildman–Crippen MR) is 87.7 cm³/mol. The molecule has 2 aromatic carbocycles. The average molecular weight is 342 g/mol. The standard InChI is InChI=1S/C18H16BrNO/c19-16-7-2-1-6-13(16)14-10-18(21)20-17-9-12-5-3-4-11(12)8-15(14)17/h1-2,6-9,14H,3-5,10H2,(H,20,21)/t14-/m1/s1. The molecule has 0 aromatic heterocycles. The molecule has 3 heteroatoms. The Morgan fingerprint density at radius 3 is 2.62 bits per heavy atom. The molecule has 0 unspecified atom stereocenters. The third-order valence-corrected chi connectivity index (χ3v) is 5.31. The molecule has 0 saturated carbocycles. The monoisotopic (exact) mass is 341 g/mol. The predicted octanol–water partition coefficient (Wildman–Crippen LogP) is 4.41. The molecule has 0 spiro atoms. The first kappa shape index (κ1) is 13.1. The van der Waals surface area contributed by atoms with E-state index in [9.17, 15) is 4.79 Å². The summed E-state index contributed by atoms with van der Waals surface area (Å²) in [6.07, 6.45) is 4.05. The van der Waals surface area contributed by atoms with E-state index in [2.05, 4.69) is 45.5 Å². The molecule has 1 amide bonds. The van der Waals surface area contributed by atoms with Crippen molar-refractivity contribution in [1.29, 1.82) is 0 Å². The molecule has 1 aliphatic heterocycles. The van der Waals surface area contributed by atoms with E-state index in [1.54, 1.807) is 0 Å². The molecular weight excluding hydrogens is 326 g/mol. The van der Waals surface area contributed by atoms with Crippen molar-refractivity contribution in [2.75, 3.05) is 5.32 Å². The van der Waals surface area contributed by atoms with Crippen molar-refractivity contribution in [2.24, 2.45) is 0 Å². The van der Waals surface area contributed by atoms with Crippen molar-refractivity contribution in [3.05, 3.63) is 63.1 Å². The topological polar surface area (TPSA) is 29.1 Å². The van der Waals surface area contributed by atoms with Gasteiger partial charge in [0, 0.05) is 22.5 Å². The quantitative estimate of drug-likeness (QED) is 0.817. The van der Waals surface area contributed by atoms with Crippen molar-refractivity contribution < 1.29 is 4.79 Å². The maximum Gasteiger partial charge on any atom is 0.225 e. The minimum absolute atomic E-state index is 0.112. The molecule has 4 rings (SSSR count). The summed E-state index contributed by atoms with van der Waals surface area (Å²) in [5.41, 5.74) is 6.34. The third-order valence-electron chi connectivity index (χ3n) is 4.58. The zero-order valence-electron chi connectivity index (χ0n) is 11.7. The second-order valence-electron chi connectivity index (χ2n) is 5.89. The smallest absolute Gasteiger partial charge is 0.225 e. The number of nitrogens with one attached hydrogen (secondary N) is 1. The molecule has 1 heterocycles. The fraction of sp³-hybridized carbons (Fsp3) is 0.278. The molecule has 21 heavy (non-hydrogen) atoms. The van der Waals surface area contributed by atoms with Gasteiger partial charge in [0.2, 0.25) is 5.91 Å². The second kappa shape index (κ2) is 4.99. The second-order valence-corrected chi connectivity index (χ2v) is 6.74. The first-order valence-corrected chi connectivity index (χ1v) is 8.21. The fourth-order valence-corrected chi connectivity index (χ4v) is 4.13. The summed E-state index contributed by atoms with van der Waals surface area (Å²) >= 11 is 3.63. The Kier molecular flexibility index (Phi) is 3.11. The number of carbonyl (C=O) groups is 1. The van der Waals surface area contributed by atoms with Gasteiger partial charge in [0.1, 0.15) is 0 Å².